The third kappa shape index (κ3) is 21.0. The van der Waals surface area contributed by atoms with Crippen LogP contribution in [0.4, 0.5) is 5.69 Å². The van der Waals surface area contributed by atoms with Crippen LogP contribution >= 0.6 is 0 Å². The van der Waals surface area contributed by atoms with Crippen molar-refractivity contribution in [2.45, 2.75) is 168 Å². The monoisotopic (exact) mass is 622 g/mol. The summed E-state index contributed by atoms with van der Waals surface area (Å²) in [7, 11) is 0. The first kappa shape index (κ1) is 38.7. The molecule has 0 spiro atoms. The summed E-state index contributed by atoms with van der Waals surface area (Å²) in [6, 6.07) is 13.3. The van der Waals surface area contributed by atoms with Crippen LogP contribution in [-0.2, 0) is 0 Å². The molecule has 2 rings (SSSR count). The quantitative estimate of drug-likeness (QED) is 0.0697. The summed E-state index contributed by atoms with van der Waals surface area (Å²) >= 11 is 0. The molecular formula is C41H67NO3. The van der Waals surface area contributed by atoms with E-state index in [9.17, 15) is 5.11 Å². The number of hydrogen-bond donors (Lipinski definition) is 1. The van der Waals surface area contributed by atoms with E-state index in [-0.39, 0.29) is 5.75 Å². The van der Waals surface area contributed by atoms with Crippen molar-refractivity contribution >= 4 is 11.9 Å². The molecule has 0 aliphatic heterocycles. The van der Waals surface area contributed by atoms with Gasteiger partial charge in [-0.15, -0.1) is 0 Å². The van der Waals surface area contributed by atoms with Gasteiger partial charge >= 0.3 is 0 Å². The molecule has 4 nitrogen and oxygen atoms in total. The van der Waals surface area contributed by atoms with E-state index in [0.29, 0.717) is 17.9 Å². The highest BCUT2D eigenvalue weighted by Gasteiger charge is 2.03. The molecular weight excluding hydrogens is 554 g/mol. The third-order valence-electron chi connectivity index (χ3n) is 8.72. The Balaban J connectivity index is 1.49. The fraction of sp³-hybridized carbons (Fsp3) is 0.683. The van der Waals surface area contributed by atoms with Crippen LogP contribution in [0.1, 0.15) is 174 Å². The molecule has 254 valence electrons. The van der Waals surface area contributed by atoms with Gasteiger partial charge in [-0.2, -0.15) is 0 Å². The lowest BCUT2D eigenvalue weighted by Gasteiger charge is -2.08. The number of phenols is 1. The lowest BCUT2D eigenvalue weighted by Crippen LogP contribution is -1.97. The minimum absolute atomic E-state index is 0.187. The van der Waals surface area contributed by atoms with Gasteiger partial charge in [-0.25, -0.2) is 0 Å². The summed E-state index contributed by atoms with van der Waals surface area (Å²) in [6.45, 7) is 6.01. The Kier molecular flexibility index (Phi) is 23.9. The molecule has 45 heavy (non-hydrogen) atoms. The number of aliphatic imine (C=N–C) groups is 1. The number of benzene rings is 2. The molecule has 0 fully saturated rings. The predicted molar refractivity (Wildman–Crippen MR) is 195 cm³/mol. The van der Waals surface area contributed by atoms with Gasteiger partial charge in [0.1, 0.15) is 17.2 Å². The number of hydrogen-bond acceptors (Lipinski definition) is 4. The molecule has 0 amide bonds. The Morgan fingerprint density at radius 3 is 1.29 bits per heavy atom. The molecule has 0 aliphatic rings. The van der Waals surface area contributed by atoms with E-state index < -0.39 is 0 Å². The Morgan fingerprint density at radius 2 is 0.867 bits per heavy atom. The van der Waals surface area contributed by atoms with Crippen LogP contribution in [0.3, 0.4) is 0 Å². The molecule has 0 saturated heterocycles. The van der Waals surface area contributed by atoms with Crippen LogP contribution in [0.25, 0.3) is 0 Å². The Labute approximate surface area is 277 Å². The highest BCUT2D eigenvalue weighted by molar-refractivity contribution is 5.85. The first-order chi connectivity index (χ1) is 22.2. The van der Waals surface area contributed by atoms with Gasteiger partial charge in [-0.1, -0.05) is 155 Å². The minimum atomic E-state index is 0.187. The average Bonchev–Trinajstić information content (AvgIpc) is 3.05. The van der Waals surface area contributed by atoms with Crippen molar-refractivity contribution in [3.05, 3.63) is 48.0 Å². The zero-order chi connectivity index (χ0) is 32.0. The van der Waals surface area contributed by atoms with E-state index in [4.69, 9.17) is 9.47 Å². The molecule has 0 radical (unpaired) electrons. The largest absolute Gasteiger partial charge is 0.507 e. The second-order valence-corrected chi connectivity index (χ2v) is 12.9. The van der Waals surface area contributed by atoms with Crippen LogP contribution in [0.5, 0.6) is 17.2 Å². The Bertz CT molecular complexity index is 971. The van der Waals surface area contributed by atoms with Crippen molar-refractivity contribution in [1.29, 1.82) is 0 Å². The number of ether oxygens (including phenoxy) is 2. The Morgan fingerprint density at radius 1 is 0.489 bits per heavy atom. The highest BCUT2D eigenvalue weighted by atomic mass is 16.5. The molecule has 2 aromatic rings. The lowest BCUT2D eigenvalue weighted by molar-refractivity contribution is 0.302. The van der Waals surface area contributed by atoms with Gasteiger partial charge in [-0.05, 0) is 49.2 Å². The summed E-state index contributed by atoms with van der Waals surface area (Å²) < 4.78 is 11.8. The zero-order valence-corrected chi connectivity index (χ0v) is 29.2. The molecule has 4 heteroatoms. The summed E-state index contributed by atoms with van der Waals surface area (Å²) in [4.78, 5) is 4.53. The molecule has 0 unspecified atom stereocenters. The van der Waals surface area contributed by atoms with Gasteiger partial charge in [0.15, 0.2) is 0 Å². The fourth-order valence-corrected chi connectivity index (χ4v) is 5.76. The van der Waals surface area contributed by atoms with Gasteiger partial charge in [0.2, 0.25) is 0 Å². The van der Waals surface area contributed by atoms with E-state index in [2.05, 4.69) is 18.8 Å². The summed E-state index contributed by atoms with van der Waals surface area (Å²) in [5.41, 5.74) is 1.51. The van der Waals surface area contributed by atoms with Crippen molar-refractivity contribution in [3.8, 4) is 17.2 Å². The zero-order valence-electron chi connectivity index (χ0n) is 29.2. The van der Waals surface area contributed by atoms with E-state index in [1.807, 2.05) is 36.4 Å². The predicted octanol–water partition coefficient (Wildman–Crippen LogP) is 13.3. The Hall–Kier alpha value is -2.49. The topological polar surface area (TPSA) is 51.0 Å². The fourth-order valence-electron chi connectivity index (χ4n) is 5.76. The normalized spacial score (nSPS) is 11.4. The second kappa shape index (κ2) is 27.8. The molecule has 0 atom stereocenters. The first-order valence-electron chi connectivity index (χ1n) is 19.0. The van der Waals surface area contributed by atoms with E-state index >= 15 is 0 Å². The number of nitrogens with zero attached hydrogens (tertiary/aromatic N) is 1. The molecule has 1 N–H and O–H groups in total. The second-order valence-electron chi connectivity index (χ2n) is 12.9. The maximum absolute atomic E-state index is 10.5. The summed E-state index contributed by atoms with van der Waals surface area (Å²) in [5, 5.41) is 10.5. The van der Waals surface area contributed by atoms with E-state index in [1.165, 1.54) is 141 Å². The van der Waals surface area contributed by atoms with Gasteiger partial charge < -0.3 is 14.6 Å². The molecule has 2 aromatic carbocycles. The molecule has 0 aliphatic carbocycles. The first-order valence-corrected chi connectivity index (χ1v) is 19.0. The smallest absolute Gasteiger partial charge is 0.128 e. The summed E-state index contributed by atoms with van der Waals surface area (Å²) in [6.07, 6.45) is 33.9. The maximum atomic E-state index is 10.5. The summed E-state index contributed by atoms with van der Waals surface area (Å²) in [5.74, 6) is 1.78. The minimum Gasteiger partial charge on any atom is -0.507 e. The third-order valence-corrected chi connectivity index (χ3v) is 8.72. The average molecular weight is 622 g/mol. The SMILES string of the molecule is CCCCCCCCCCCCCCCCOc1ccc(N=Cc2ccc(OCCCCCCCCCCCC)cc2O)cc1. The van der Waals surface area contributed by atoms with E-state index in [1.54, 1.807) is 12.3 Å². The number of phenolic OH excluding ortho intramolecular Hbond substituents is 1. The standard InChI is InChI=1S/C41H67NO3/c1-3-5-7-9-11-13-15-16-17-18-20-21-23-25-33-44-39-31-28-38(29-32-39)42-36-37-27-30-40(35-41(37)43)45-34-26-24-22-19-14-12-10-8-6-4-2/h27-32,35-36,43H,3-26,33-34H2,1-2H3. The van der Waals surface area contributed by atoms with Crippen LogP contribution in [0, 0.1) is 0 Å². The number of rotatable bonds is 30. The van der Waals surface area contributed by atoms with Crippen molar-refractivity contribution in [2.24, 2.45) is 4.99 Å². The van der Waals surface area contributed by atoms with Crippen molar-refractivity contribution in [1.82, 2.24) is 0 Å². The van der Waals surface area contributed by atoms with Crippen molar-refractivity contribution < 1.29 is 14.6 Å². The lowest BCUT2D eigenvalue weighted by atomic mass is 10.0. The van der Waals surface area contributed by atoms with Crippen molar-refractivity contribution in [2.75, 3.05) is 13.2 Å². The van der Waals surface area contributed by atoms with Gasteiger partial charge in [0.05, 0.1) is 18.9 Å². The molecule has 0 aromatic heterocycles. The van der Waals surface area contributed by atoms with Crippen LogP contribution in [-0.4, -0.2) is 24.5 Å². The van der Waals surface area contributed by atoms with Crippen LogP contribution in [0.2, 0.25) is 0 Å². The highest BCUT2D eigenvalue weighted by Crippen LogP contribution is 2.24. The van der Waals surface area contributed by atoms with Gasteiger partial charge in [-0.3, -0.25) is 4.99 Å². The number of aromatic hydroxyl groups is 1. The van der Waals surface area contributed by atoms with E-state index in [0.717, 1.165) is 30.9 Å². The van der Waals surface area contributed by atoms with Crippen LogP contribution < -0.4 is 9.47 Å². The maximum Gasteiger partial charge on any atom is 0.128 e. The van der Waals surface area contributed by atoms with Gasteiger partial charge in [0, 0.05) is 17.8 Å². The van der Waals surface area contributed by atoms with Crippen molar-refractivity contribution in [3.63, 3.8) is 0 Å². The molecule has 0 saturated carbocycles. The molecule has 0 heterocycles. The number of unbranched alkanes of at least 4 members (excludes halogenated alkanes) is 22. The molecule has 0 bridgehead atoms. The van der Waals surface area contributed by atoms with Crippen LogP contribution in [0.15, 0.2) is 47.5 Å². The van der Waals surface area contributed by atoms with Gasteiger partial charge in [0.25, 0.3) is 0 Å².